The van der Waals surface area contributed by atoms with Crippen molar-refractivity contribution in [3.63, 3.8) is 0 Å². The Hall–Kier alpha value is -3.03. The van der Waals surface area contributed by atoms with Gasteiger partial charge in [0.2, 0.25) is 5.95 Å². The molecule has 0 saturated carbocycles. The minimum absolute atomic E-state index is 0.298. The van der Waals surface area contributed by atoms with Crippen LogP contribution in [0.15, 0.2) is 33.9 Å². The molecular weight excluding hydrogens is 334 g/mol. The van der Waals surface area contributed by atoms with Crippen molar-refractivity contribution in [2.24, 2.45) is 20.0 Å². The molecule has 26 heavy (non-hydrogen) atoms. The van der Waals surface area contributed by atoms with Crippen LogP contribution in [0.25, 0.3) is 11.2 Å². The third-order valence-electron chi connectivity index (χ3n) is 4.93. The van der Waals surface area contributed by atoms with Crippen LogP contribution in [0.5, 0.6) is 5.75 Å². The number of benzene rings is 1. The molecule has 0 amide bonds. The highest BCUT2D eigenvalue weighted by atomic mass is 16.5. The van der Waals surface area contributed by atoms with Crippen LogP contribution in [0.1, 0.15) is 6.92 Å². The summed E-state index contributed by atoms with van der Waals surface area (Å²) in [6.45, 7) is 3.55. The molecule has 8 heteroatoms. The molecule has 0 aliphatic carbocycles. The zero-order chi connectivity index (χ0) is 18.6. The van der Waals surface area contributed by atoms with Crippen molar-refractivity contribution in [2.45, 2.75) is 13.5 Å². The van der Waals surface area contributed by atoms with Crippen molar-refractivity contribution >= 4 is 22.8 Å². The van der Waals surface area contributed by atoms with Crippen LogP contribution in [-0.2, 0) is 20.6 Å². The van der Waals surface area contributed by atoms with Crippen LogP contribution >= 0.6 is 0 Å². The third-order valence-corrected chi connectivity index (χ3v) is 4.93. The van der Waals surface area contributed by atoms with E-state index in [1.807, 2.05) is 28.8 Å². The second-order valence-electron chi connectivity index (χ2n) is 6.79. The van der Waals surface area contributed by atoms with Crippen LogP contribution in [0, 0.1) is 5.92 Å². The number of para-hydroxylation sites is 2. The molecule has 0 N–H and O–H groups in total. The molecule has 0 radical (unpaired) electrons. The Balaban J connectivity index is 2.05. The Morgan fingerprint density at radius 2 is 1.85 bits per heavy atom. The summed E-state index contributed by atoms with van der Waals surface area (Å²) in [7, 11) is 4.77. The Morgan fingerprint density at radius 1 is 1.12 bits per heavy atom. The molecule has 0 saturated heterocycles. The van der Waals surface area contributed by atoms with E-state index < -0.39 is 0 Å². The van der Waals surface area contributed by atoms with E-state index in [0.717, 1.165) is 22.5 Å². The van der Waals surface area contributed by atoms with E-state index in [1.165, 1.54) is 11.6 Å². The zero-order valence-corrected chi connectivity index (χ0v) is 15.3. The first kappa shape index (κ1) is 16.4. The Kier molecular flexibility index (Phi) is 3.64. The predicted molar refractivity (Wildman–Crippen MR) is 99.4 cm³/mol. The van der Waals surface area contributed by atoms with Crippen LogP contribution in [0.4, 0.5) is 11.6 Å². The summed E-state index contributed by atoms with van der Waals surface area (Å²) in [5.41, 5.74) is 1.05. The highest BCUT2D eigenvalue weighted by molar-refractivity contribution is 5.78. The summed E-state index contributed by atoms with van der Waals surface area (Å²) in [6.07, 6.45) is 0. The van der Waals surface area contributed by atoms with E-state index in [4.69, 9.17) is 4.74 Å². The average molecular weight is 355 g/mol. The molecule has 2 aromatic heterocycles. The van der Waals surface area contributed by atoms with E-state index in [0.29, 0.717) is 29.6 Å². The fraction of sp³-hybridized carbons (Fsp3) is 0.389. The summed E-state index contributed by atoms with van der Waals surface area (Å²) in [6, 6.07) is 7.73. The minimum Gasteiger partial charge on any atom is -0.495 e. The normalized spacial score (nSPS) is 16.8. The number of nitrogens with zero attached hydrogens (tertiary/aromatic N) is 5. The van der Waals surface area contributed by atoms with E-state index in [2.05, 4.69) is 16.8 Å². The molecule has 136 valence electrons. The van der Waals surface area contributed by atoms with Crippen molar-refractivity contribution in [1.29, 1.82) is 0 Å². The maximum atomic E-state index is 12.8. The molecule has 3 heterocycles. The smallest absolute Gasteiger partial charge is 0.332 e. The van der Waals surface area contributed by atoms with Gasteiger partial charge in [0, 0.05) is 27.2 Å². The lowest BCUT2D eigenvalue weighted by atomic mass is 10.1. The fourth-order valence-corrected chi connectivity index (χ4v) is 3.64. The van der Waals surface area contributed by atoms with Gasteiger partial charge in [0.05, 0.1) is 12.8 Å². The van der Waals surface area contributed by atoms with Crippen LogP contribution in [0.3, 0.4) is 0 Å². The molecule has 0 fully saturated rings. The van der Waals surface area contributed by atoms with Crippen molar-refractivity contribution in [1.82, 2.24) is 18.7 Å². The van der Waals surface area contributed by atoms with Gasteiger partial charge in [-0.3, -0.25) is 13.9 Å². The Labute approximate surface area is 149 Å². The molecule has 0 bridgehead atoms. The maximum Gasteiger partial charge on any atom is 0.332 e. The van der Waals surface area contributed by atoms with Gasteiger partial charge < -0.3 is 14.2 Å². The van der Waals surface area contributed by atoms with Crippen LogP contribution in [-0.4, -0.2) is 32.3 Å². The molecule has 8 nitrogen and oxygen atoms in total. The number of ether oxygens (including phenoxy) is 1. The number of aromatic nitrogens is 4. The number of anilines is 2. The monoisotopic (exact) mass is 355 g/mol. The van der Waals surface area contributed by atoms with Crippen molar-refractivity contribution in [3.05, 3.63) is 45.1 Å². The number of hydrogen-bond acceptors (Lipinski definition) is 5. The average Bonchev–Trinajstić information content (AvgIpc) is 3.03. The SMILES string of the molecule is COc1ccccc1N1C[C@@H](C)Cn2c1nc1c2c(=O)n(C)c(=O)n1C. The van der Waals surface area contributed by atoms with E-state index in [9.17, 15) is 9.59 Å². The van der Waals surface area contributed by atoms with E-state index >= 15 is 0 Å². The lowest BCUT2D eigenvalue weighted by Gasteiger charge is -2.33. The van der Waals surface area contributed by atoms with Gasteiger partial charge in [0.25, 0.3) is 5.56 Å². The van der Waals surface area contributed by atoms with Crippen molar-refractivity contribution < 1.29 is 4.74 Å². The number of hydrogen-bond donors (Lipinski definition) is 0. The summed E-state index contributed by atoms with van der Waals surface area (Å²) in [5, 5.41) is 0. The fourth-order valence-electron chi connectivity index (χ4n) is 3.64. The topological polar surface area (TPSA) is 74.3 Å². The van der Waals surface area contributed by atoms with Gasteiger partial charge in [0.15, 0.2) is 11.2 Å². The summed E-state index contributed by atoms with van der Waals surface area (Å²) < 4.78 is 9.98. The lowest BCUT2D eigenvalue weighted by molar-refractivity contribution is 0.409. The van der Waals surface area contributed by atoms with Gasteiger partial charge >= 0.3 is 5.69 Å². The third kappa shape index (κ3) is 2.18. The maximum absolute atomic E-state index is 12.8. The predicted octanol–water partition coefficient (Wildman–Crippen LogP) is 1.23. The second kappa shape index (κ2) is 5.76. The number of imidazole rings is 1. The van der Waals surface area contributed by atoms with Gasteiger partial charge in [-0.05, 0) is 18.1 Å². The quantitative estimate of drug-likeness (QED) is 0.691. The molecular formula is C18H21N5O3. The van der Waals surface area contributed by atoms with E-state index in [1.54, 1.807) is 14.2 Å². The van der Waals surface area contributed by atoms with Crippen LogP contribution in [0.2, 0.25) is 0 Å². The van der Waals surface area contributed by atoms with Gasteiger partial charge in [-0.1, -0.05) is 19.1 Å². The second-order valence-corrected chi connectivity index (χ2v) is 6.79. The molecule has 1 aromatic carbocycles. The number of rotatable bonds is 2. The molecule has 1 atom stereocenters. The minimum atomic E-state index is -0.380. The largest absolute Gasteiger partial charge is 0.495 e. The highest BCUT2D eigenvalue weighted by Crippen LogP contribution is 2.37. The van der Waals surface area contributed by atoms with Gasteiger partial charge in [0.1, 0.15) is 5.75 Å². The summed E-state index contributed by atoms with van der Waals surface area (Å²) >= 11 is 0. The molecule has 1 aliphatic heterocycles. The number of fused-ring (bicyclic) bond motifs is 3. The number of aryl methyl sites for hydroxylation is 1. The van der Waals surface area contributed by atoms with E-state index in [-0.39, 0.29) is 11.2 Å². The Morgan fingerprint density at radius 3 is 2.58 bits per heavy atom. The van der Waals surface area contributed by atoms with Gasteiger partial charge in [-0.25, -0.2) is 4.79 Å². The first-order valence-electron chi connectivity index (χ1n) is 8.50. The first-order chi connectivity index (χ1) is 12.4. The Bertz CT molecular complexity index is 1120. The van der Waals surface area contributed by atoms with Crippen molar-refractivity contribution in [2.75, 3.05) is 18.6 Å². The molecule has 1 aliphatic rings. The van der Waals surface area contributed by atoms with Crippen molar-refractivity contribution in [3.8, 4) is 5.75 Å². The molecule has 4 rings (SSSR count). The lowest BCUT2D eigenvalue weighted by Crippen LogP contribution is -2.38. The summed E-state index contributed by atoms with van der Waals surface area (Å²) in [4.78, 5) is 31.7. The zero-order valence-electron chi connectivity index (χ0n) is 15.3. The van der Waals surface area contributed by atoms with Gasteiger partial charge in [-0.2, -0.15) is 4.98 Å². The first-order valence-corrected chi connectivity index (χ1v) is 8.50. The molecule has 0 unspecified atom stereocenters. The molecule has 3 aromatic rings. The number of methoxy groups -OCH3 is 1. The standard InChI is InChI=1S/C18H21N5O3/c1-11-9-22(12-7-5-6-8-13(12)26-4)17-19-15-14(23(17)10-11)16(24)21(3)18(25)20(15)2/h5-8,11H,9-10H2,1-4H3/t11-/m1/s1. The van der Waals surface area contributed by atoms with Gasteiger partial charge in [-0.15, -0.1) is 0 Å². The molecule has 0 spiro atoms. The van der Waals surface area contributed by atoms with Crippen LogP contribution < -0.4 is 20.9 Å². The highest BCUT2D eigenvalue weighted by Gasteiger charge is 2.30. The summed E-state index contributed by atoms with van der Waals surface area (Å²) in [5.74, 6) is 1.69.